The minimum atomic E-state index is 0. The van der Waals surface area contributed by atoms with Crippen molar-refractivity contribution < 1.29 is 50.3 Å². The van der Waals surface area contributed by atoms with Crippen LogP contribution in [0.4, 0.5) is 0 Å². The van der Waals surface area contributed by atoms with Crippen molar-refractivity contribution in [1.29, 1.82) is 0 Å². The normalized spacial score (nSPS) is 11.1. The van der Waals surface area contributed by atoms with Gasteiger partial charge >= 0.3 is 20.4 Å². The molecule has 10 nitrogen and oxygen atoms in total. The predicted molar refractivity (Wildman–Crippen MR) is 347 cm³/mol. The van der Waals surface area contributed by atoms with E-state index in [1.54, 1.807) is 0 Å². The van der Waals surface area contributed by atoms with Gasteiger partial charge in [-0.1, -0.05) is 91.8 Å². The molecule has 14 rings (SSSR count). The molecule has 0 unspecified atom stereocenters. The Bertz CT molecular complexity index is 4540. The van der Waals surface area contributed by atoms with Crippen molar-refractivity contribution in [3.8, 4) is 68.3 Å². The van der Waals surface area contributed by atoms with Gasteiger partial charge in [0.1, 0.15) is 23.1 Å². The number of aromatic nitrogens is 8. The number of benzene rings is 8. The zero-order chi connectivity index (χ0) is 57.9. The molecular formula is C75H66N8O2Pd2. The van der Waals surface area contributed by atoms with Crippen molar-refractivity contribution in [2.24, 2.45) is 0 Å². The Labute approximate surface area is 536 Å². The molecule has 0 fully saturated rings. The van der Waals surface area contributed by atoms with E-state index in [0.29, 0.717) is 11.5 Å². The SMILES string of the molecule is C.Cc1ccnc(-n2c3[c-]c(Oc4[c-]c(-n5nc(C)c(-c6c(C)cccc6C)c5C)ccc4)ccc3c3ccccc32)c1.Cc1ccnc(-n2c3ccccc3c3ccc(Oc4cccc(-n5nc(C)c(-c6c(C)cccc6C)c5C)c4)cc32)c1.[Pd+2].[Pd]. The van der Waals surface area contributed by atoms with E-state index in [-0.39, 0.29) is 48.3 Å². The molecule has 0 spiro atoms. The minimum absolute atomic E-state index is 0. The van der Waals surface area contributed by atoms with E-state index < -0.39 is 0 Å². The van der Waals surface area contributed by atoms with Gasteiger partial charge in [-0.05, 0) is 185 Å². The first-order valence-electron chi connectivity index (χ1n) is 28.4. The van der Waals surface area contributed by atoms with Crippen molar-refractivity contribution in [3.63, 3.8) is 0 Å². The molecule has 0 amide bonds. The predicted octanol–water partition coefficient (Wildman–Crippen LogP) is 19.0. The van der Waals surface area contributed by atoms with Crippen LogP contribution in [0.25, 0.3) is 88.9 Å². The molecule has 0 N–H and O–H groups in total. The van der Waals surface area contributed by atoms with Gasteiger partial charge in [-0.3, -0.25) is 9.25 Å². The van der Waals surface area contributed by atoms with Crippen LogP contribution in [-0.4, -0.2) is 38.7 Å². The van der Waals surface area contributed by atoms with Crippen LogP contribution in [0.15, 0.2) is 194 Å². The van der Waals surface area contributed by atoms with Crippen molar-refractivity contribution in [2.75, 3.05) is 0 Å². The largest absolute Gasteiger partial charge is 2.00 e. The van der Waals surface area contributed by atoms with Gasteiger partial charge in [-0.2, -0.15) is 22.3 Å². The summed E-state index contributed by atoms with van der Waals surface area (Å²) in [5.74, 6) is 4.47. The molecule has 6 heterocycles. The standard InChI is InChI=1S/C37H32N4O.C37H30N4O.CH4.2Pd/c2*1-23-18-19-38-35(20-23)40-33-15-7-6-14-31(33)32-17-16-30(22-34(32)40)42-29-13-9-12-28(21-29)41-27(5)37(26(4)39-41)36-24(2)10-8-11-25(36)3;;;/h6-22H,1-5H3;6-20H,1-5H3;1H4;;/q;-2;;;+2. The quantitative estimate of drug-likeness (QED) is 0.100. The van der Waals surface area contributed by atoms with E-state index in [1.807, 2.05) is 76.4 Å². The molecule has 12 heteroatoms. The number of nitrogens with zero attached hydrogens (tertiary/aromatic N) is 8. The van der Waals surface area contributed by atoms with Crippen LogP contribution in [0.2, 0.25) is 0 Å². The number of rotatable bonds is 10. The van der Waals surface area contributed by atoms with E-state index >= 15 is 0 Å². The van der Waals surface area contributed by atoms with Crippen LogP contribution >= 0.6 is 0 Å². The molecule has 87 heavy (non-hydrogen) atoms. The third-order valence-electron chi connectivity index (χ3n) is 16.0. The molecule has 0 radical (unpaired) electrons. The minimum Gasteiger partial charge on any atom is -0.509 e. The average molecular weight is 1320 g/mol. The summed E-state index contributed by atoms with van der Waals surface area (Å²) >= 11 is 0. The van der Waals surface area contributed by atoms with Crippen LogP contribution < -0.4 is 9.47 Å². The first-order valence-corrected chi connectivity index (χ1v) is 28.4. The second-order valence-corrected chi connectivity index (χ2v) is 21.9. The van der Waals surface area contributed by atoms with Gasteiger partial charge in [-0.15, -0.1) is 35.7 Å². The maximum Gasteiger partial charge on any atom is 2.00 e. The van der Waals surface area contributed by atoms with Crippen molar-refractivity contribution in [2.45, 2.75) is 76.7 Å². The van der Waals surface area contributed by atoms with Gasteiger partial charge < -0.3 is 14.0 Å². The molecule has 0 aliphatic rings. The number of aryl methyl sites for hydroxylation is 8. The second kappa shape index (κ2) is 25.1. The molecule has 0 aliphatic heterocycles. The number of hydrogen-bond donors (Lipinski definition) is 0. The summed E-state index contributed by atoms with van der Waals surface area (Å²) < 4.78 is 21.2. The van der Waals surface area contributed by atoms with Gasteiger partial charge in [0.25, 0.3) is 0 Å². The molecular weight excluding hydrogens is 1260 g/mol. The van der Waals surface area contributed by atoms with Gasteiger partial charge in [-0.25, -0.2) is 14.6 Å². The van der Waals surface area contributed by atoms with Gasteiger partial charge in [0.2, 0.25) is 0 Å². The summed E-state index contributed by atoms with van der Waals surface area (Å²) in [5, 5.41) is 14.5. The molecule has 0 aliphatic carbocycles. The van der Waals surface area contributed by atoms with Crippen molar-refractivity contribution in [3.05, 3.63) is 263 Å². The Morgan fingerprint density at radius 3 is 1.51 bits per heavy atom. The van der Waals surface area contributed by atoms with Crippen LogP contribution in [0.1, 0.15) is 63.6 Å². The number of para-hydroxylation sites is 2. The summed E-state index contributed by atoms with van der Waals surface area (Å²) in [6.07, 6.45) is 3.71. The average Bonchev–Trinajstić information content (AvgIpc) is 1.85. The van der Waals surface area contributed by atoms with Crippen LogP contribution in [0.3, 0.4) is 0 Å². The van der Waals surface area contributed by atoms with E-state index in [9.17, 15) is 0 Å². The number of hydrogen-bond acceptors (Lipinski definition) is 6. The Morgan fingerprint density at radius 2 is 0.885 bits per heavy atom. The van der Waals surface area contributed by atoms with Crippen LogP contribution in [0.5, 0.6) is 23.0 Å². The molecule has 0 saturated carbocycles. The Balaban J connectivity index is 0.000000186. The first kappa shape index (κ1) is 61.1. The third kappa shape index (κ3) is 11.4. The number of fused-ring (bicyclic) bond motifs is 6. The Morgan fingerprint density at radius 1 is 0.391 bits per heavy atom. The summed E-state index contributed by atoms with van der Waals surface area (Å²) in [6.45, 7) is 21.2. The Kier molecular flexibility index (Phi) is 17.7. The molecule has 438 valence electrons. The zero-order valence-corrected chi connectivity index (χ0v) is 52.6. The smallest absolute Gasteiger partial charge is 0.509 e. The summed E-state index contributed by atoms with van der Waals surface area (Å²) in [6, 6.07) is 69.2. The van der Waals surface area contributed by atoms with Crippen LogP contribution in [0, 0.1) is 81.4 Å². The fourth-order valence-electron chi connectivity index (χ4n) is 12.2. The van der Waals surface area contributed by atoms with Gasteiger partial charge in [0.05, 0.1) is 28.1 Å². The van der Waals surface area contributed by atoms with Crippen molar-refractivity contribution in [1.82, 2.24) is 38.7 Å². The maximum absolute atomic E-state index is 6.48. The molecule has 0 bridgehead atoms. The first-order chi connectivity index (χ1) is 40.8. The molecule has 0 saturated heterocycles. The van der Waals surface area contributed by atoms with E-state index in [4.69, 9.17) is 24.7 Å². The number of pyridine rings is 2. The van der Waals surface area contributed by atoms with Gasteiger partial charge in [0, 0.05) is 95.3 Å². The van der Waals surface area contributed by atoms with Crippen molar-refractivity contribution >= 4 is 43.6 Å². The molecule has 14 aromatic rings. The molecule has 8 aromatic carbocycles. The second-order valence-electron chi connectivity index (χ2n) is 21.9. The summed E-state index contributed by atoms with van der Waals surface area (Å²) in [7, 11) is 0. The molecule has 0 atom stereocenters. The zero-order valence-electron chi connectivity index (χ0n) is 49.5. The fraction of sp³-hybridized carbons (Fsp3) is 0.147. The Hall–Kier alpha value is -9.00. The van der Waals surface area contributed by atoms with E-state index in [0.717, 1.165) is 101 Å². The van der Waals surface area contributed by atoms with E-state index in [2.05, 4.69) is 223 Å². The maximum atomic E-state index is 6.48. The third-order valence-corrected chi connectivity index (χ3v) is 16.0. The van der Waals surface area contributed by atoms with Gasteiger partial charge in [0.15, 0.2) is 0 Å². The summed E-state index contributed by atoms with van der Waals surface area (Å²) in [5.41, 5.74) is 22.3. The fourth-order valence-corrected chi connectivity index (χ4v) is 12.2. The van der Waals surface area contributed by atoms with Crippen LogP contribution in [-0.2, 0) is 40.8 Å². The van der Waals surface area contributed by atoms with E-state index in [1.165, 1.54) is 55.5 Å². The monoisotopic (exact) mass is 1320 g/mol. The summed E-state index contributed by atoms with van der Waals surface area (Å²) in [4.78, 5) is 9.38. The topological polar surface area (TPSA) is 89.7 Å². The number of ether oxygens (including phenoxy) is 2. The molecule has 6 aromatic heterocycles.